The predicted octanol–water partition coefficient (Wildman–Crippen LogP) is 3.77. The Morgan fingerprint density at radius 2 is 2.04 bits per heavy atom. The molecular formula is C21H19FN4OS. The monoisotopic (exact) mass is 394 g/mol. The van der Waals surface area contributed by atoms with E-state index in [0.29, 0.717) is 23.3 Å². The second kappa shape index (κ2) is 6.98. The highest BCUT2D eigenvalue weighted by Gasteiger charge is 2.56. The zero-order chi connectivity index (χ0) is 19.1. The summed E-state index contributed by atoms with van der Waals surface area (Å²) in [5, 5.41) is 6.35. The fourth-order valence-corrected chi connectivity index (χ4v) is 4.83. The third-order valence-corrected chi connectivity index (χ3v) is 6.45. The number of carbonyl (C=O) groups is 1. The van der Waals surface area contributed by atoms with Gasteiger partial charge in [-0.25, -0.2) is 9.37 Å². The number of nitrogens with one attached hydrogen (secondary N) is 1. The normalized spacial score (nSPS) is 22.8. The molecule has 0 spiro atoms. The molecule has 1 aliphatic carbocycles. The summed E-state index contributed by atoms with van der Waals surface area (Å²) >= 11 is 1.58. The number of anilines is 1. The Kier molecular flexibility index (Phi) is 4.31. The van der Waals surface area contributed by atoms with Crippen LogP contribution in [0.1, 0.15) is 10.4 Å². The number of likely N-dealkylation sites (tertiary alicyclic amines) is 1. The molecule has 28 heavy (non-hydrogen) atoms. The van der Waals surface area contributed by atoms with Crippen LogP contribution in [-0.2, 0) is 0 Å². The molecule has 1 amide bonds. The van der Waals surface area contributed by atoms with Crippen molar-refractivity contribution in [2.24, 2.45) is 17.8 Å². The van der Waals surface area contributed by atoms with Crippen LogP contribution in [0.15, 0.2) is 54.0 Å². The van der Waals surface area contributed by atoms with Gasteiger partial charge >= 0.3 is 0 Å². The topological polar surface area (TPSA) is 58.1 Å². The number of nitrogens with zero attached hydrogens (tertiary/aromatic N) is 3. The van der Waals surface area contributed by atoms with Crippen LogP contribution >= 0.6 is 11.3 Å². The third-order valence-electron chi connectivity index (χ3n) is 5.65. The number of fused-ring (bicyclic) bond motifs is 1. The smallest absolute Gasteiger partial charge is 0.253 e. The highest BCUT2D eigenvalue weighted by molar-refractivity contribution is 7.14. The van der Waals surface area contributed by atoms with E-state index in [4.69, 9.17) is 0 Å². The van der Waals surface area contributed by atoms with Gasteiger partial charge < -0.3 is 10.2 Å². The van der Waals surface area contributed by atoms with E-state index in [1.807, 2.05) is 28.5 Å². The average Bonchev–Trinajstić information content (AvgIpc) is 3.09. The number of carbonyl (C=O) groups excluding carboxylic acids is 1. The lowest BCUT2D eigenvalue weighted by Gasteiger charge is -2.20. The number of benzene rings is 1. The summed E-state index contributed by atoms with van der Waals surface area (Å²) in [6.45, 7) is 2.37. The Hall–Kier alpha value is -2.80. The van der Waals surface area contributed by atoms with Crippen molar-refractivity contribution in [2.45, 2.75) is 0 Å². The summed E-state index contributed by atoms with van der Waals surface area (Å²) in [6, 6.07) is 11.7. The van der Waals surface area contributed by atoms with E-state index in [0.717, 1.165) is 36.2 Å². The van der Waals surface area contributed by atoms with Crippen molar-refractivity contribution in [3.8, 4) is 11.4 Å². The first-order valence-electron chi connectivity index (χ1n) is 9.35. The van der Waals surface area contributed by atoms with E-state index >= 15 is 0 Å². The van der Waals surface area contributed by atoms with E-state index in [-0.39, 0.29) is 11.7 Å². The lowest BCUT2D eigenvalue weighted by atomic mass is 10.2. The van der Waals surface area contributed by atoms with Crippen molar-refractivity contribution in [3.63, 3.8) is 0 Å². The van der Waals surface area contributed by atoms with Gasteiger partial charge in [-0.3, -0.25) is 9.78 Å². The number of halogens is 1. The van der Waals surface area contributed by atoms with Gasteiger partial charge in [0.2, 0.25) is 0 Å². The molecule has 5 nitrogen and oxygen atoms in total. The van der Waals surface area contributed by atoms with Gasteiger partial charge in [0.15, 0.2) is 5.13 Å². The van der Waals surface area contributed by atoms with Gasteiger partial charge in [-0.2, -0.15) is 0 Å². The van der Waals surface area contributed by atoms with Crippen LogP contribution < -0.4 is 5.32 Å². The molecule has 3 aromatic rings. The predicted molar refractivity (Wildman–Crippen MR) is 107 cm³/mol. The van der Waals surface area contributed by atoms with E-state index in [9.17, 15) is 9.18 Å². The molecule has 142 valence electrons. The summed E-state index contributed by atoms with van der Waals surface area (Å²) in [4.78, 5) is 23.3. The molecule has 2 aliphatic rings. The molecule has 0 radical (unpaired) electrons. The second-order valence-corrected chi connectivity index (χ2v) is 8.20. The Morgan fingerprint density at radius 1 is 1.18 bits per heavy atom. The molecule has 5 rings (SSSR count). The Morgan fingerprint density at radius 3 is 2.79 bits per heavy atom. The zero-order valence-electron chi connectivity index (χ0n) is 15.1. The standard InChI is InChI=1S/C21H19FN4OS/c22-14-5-3-4-13(8-14)20(27)26-10-16-15(17(16)11-26)9-24-21-25-19(12-28-21)18-6-1-2-7-23-18/h1-8,12,15-17H,9-11H2,(H,24,25)/t15?,16-,17+. The minimum absolute atomic E-state index is 0.0710. The summed E-state index contributed by atoms with van der Waals surface area (Å²) < 4.78 is 13.3. The fraction of sp³-hybridized carbons (Fsp3) is 0.286. The maximum Gasteiger partial charge on any atom is 0.253 e. The molecule has 7 heteroatoms. The number of rotatable bonds is 5. The van der Waals surface area contributed by atoms with Crippen molar-refractivity contribution >= 4 is 22.4 Å². The van der Waals surface area contributed by atoms with Crippen molar-refractivity contribution in [3.05, 3.63) is 65.4 Å². The number of hydrogen-bond donors (Lipinski definition) is 1. The molecule has 2 aromatic heterocycles. The van der Waals surface area contributed by atoms with Crippen LogP contribution in [0.3, 0.4) is 0 Å². The Labute approximate surface area is 166 Å². The molecule has 1 unspecified atom stereocenters. The first-order chi connectivity index (χ1) is 13.7. The van der Waals surface area contributed by atoms with Crippen molar-refractivity contribution in [1.82, 2.24) is 14.9 Å². The molecule has 1 aromatic carbocycles. The molecule has 1 aliphatic heterocycles. The molecule has 2 fully saturated rings. The Balaban J connectivity index is 1.14. The van der Waals surface area contributed by atoms with E-state index in [1.54, 1.807) is 29.7 Å². The van der Waals surface area contributed by atoms with Crippen molar-refractivity contribution in [1.29, 1.82) is 0 Å². The van der Waals surface area contributed by atoms with Gasteiger partial charge in [0, 0.05) is 36.8 Å². The number of aromatic nitrogens is 2. The maximum absolute atomic E-state index is 13.3. The van der Waals surface area contributed by atoms with Gasteiger partial charge in [-0.05, 0) is 48.1 Å². The van der Waals surface area contributed by atoms with Gasteiger partial charge in [-0.15, -0.1) is 11.3 Å². The molecule has 3 heterocycles. The average molecular weight is 394 g/mol. The van der Waals surface area contributed by atoms with Crippen LogP contribution in [0, 0.1) is 23.6 Å². The Bertz CT molecular complexity index is 996. The van der Waals surface area contributed by atoms with E-state index in [2.05, 4.69) is 15.3 Å². The summed E-state index contributed by atoms with van der Waals surface area (Å²) in [6.07, 6.45) is 1.77. The largest absolute Gasteiger partial charge is 0.361 e. The number of pyridine rings is 1. The van der Waals surface area contributed by atoms with Crippen molar-refractivity contribution < 1.29 is 9.18 Å². The number of thiazole rings is 1. The first-order valence-corrected chi connectivity index (χ1v) is 10.2. The number of piperidine rings is 1. The summed E-state index contributed by atoms with van der Waals surface area (Å²) in [5.41, 5.74) is 2.19. The SMILES string of the molecule is O=C(c1cccc(F)c1)N1C[C@@H]2C(CNc3nc(-c4ccccn4)cs3)[C@@H]2C1. The van der Waals surface area contributed by atoms with Crippen LogP contribution in [0.5, 0.6) is 0 Å². The quantitative estimate of drug-likeness (QED) is 0.716. The molecule has 1 saturated heterocycles. The van der Waals surface area contributed by atoms with Gasteiger partial charge in [0.1, 0.15) is 11.5 Å². The summed E-state index contributed by atoms with van der Waals surface area (Å²) in [7, 11) is 0. The van der Waals surface area contributed by atoms with Gasteiger partial charge in [0.05, 0.1) is 5.69 Å². The maximum atomic E-state index is 13.3. The van der Waals surface area contributed by atoms with Crippen LogP contribution in [0.2, 0.25) is 0 Å². The number of hydrogen-bond acceptors (Lipinski definition) is 5. The zero-order valence-corrected chi connectivity index (χ0v) is 15.9. The minimum Gasteiger partial charge on any atom is -0.361 e. The highest BCUT2D eigenvalue weighted by atomic mass is 32.1. The summed E-state index contributed by atoms with van der Waals surface area (Å²) in [5.74, 6) is 1.18. The third kappa shape index (κ3) is 3.26. The fourth-order valence-electron chi connectivity index (χ4n) is 4.11. The van der Waals surface area contributed by atoms with Gasteiger partial charge in [-0.1, -0.05) is 12.1 Å². The molecule has 1 saturated carbocycles. The van der Waals surface area contributed by atoms with E-state index in [1.165, 1.54) is 12.1 Å². The molecular weight excluding hydrogens is 375 g/mol. The lowest BCUT2D eigenvalue weighted by molar-refractivity contribution is 0.0768. The minimum atomic E-state index is -0.370. The highest BCUT2D eigenvalue weighted by Crippen LogP contribution is 2.51. The van der Waals surface area contributed by atoms with Crippen LogP contribution in [0.4, 0.5) is 9.52 Å². The molecule has 3 atom stereocenters. The van der Waals surface area contributed by atoms with Gasteiger partial charge in [0.25, 0.3) is 5.91 Å². The van der Waals surface area contributed by atoms with Crippen LogP contribution in [0.25, 0.3) is 11.4 Å². The first kappa shape index (κ1) is 17.3. The molecule has 0 bridgehead atoms. The molecule has 1 N–H and O–H groups in total. The lowest BCUT2D eigenvalue weighted by Crippen LogP contribution is -2.32. The van der Waals surface area contributed by atoms with E-state index < -0.39 is 0 Å². The van der Waals surface area contributed by atoms with Crippen LogP contribution in [-0.4, -0.2) is 40.4 Å². The van der Waals surface area contributed by atoms with Crippen molar-refractivity contribution in [2.75, 3.05) is 25.0 Å². The number of amides is 1. The second-order valence-electron chi connectivity index (χ2n) is 7.35.